The average Bonchev–Trinajstić information content (AvgIpc) is 3.39. The van der Waals surface area contributed by atoms with Crippen molar-refractivity contribution in [2.24, 2.45) is 9.98 Å². The molecule has 1 atom stereocenters. The standard InChI is InChI=1S/C24H28N2O6.C8H8N2O2S2/c1-3-4-15-32-20-11-7-18(8-12-20)23(29)26-21(24(30)25-14-13-22(27)28)16-17-5-9-19(31-2)10-6-17;1-8(14(11,12)13)9-6-4-2-3-5-7(6)10-8/h5-12,16H,3-4,13-15H2,1-2H3,(H,25,30)(H,26,29)(H,27,28);2-5H,1H3,(H,11,12,13). The zero-order valence-electron chi connectivity index (χ0n) is 25.6. The zero-order valence-corrected chi connectivity index (χ0v) is 27.2. The number of nitrogens with zero attached hydrogens (tertiary/aromatic N) is 2. The Morgan fingerprint density at radius 3 is 2.09 bits per heavy atom. The second kappa shape index (κ2) is 16.6. The summed E-state index contributed by atoms with van der Waals surface area (Å²) in [4.78, 5) is 42.7. The monoisotopic (exact) mass is 668 g/mol. The molecule has 1 aliphatic heterocycles. The molecule has 0 fully saturated rings. The van der Waals surface area contributed by atoms with Crippen LogP contribution in [0.3, 0.4) is 0 Å². The number of methoxy groups -OCH3 is 1. The first kappa shape index (κ1) is 35.8. The van der Waals surface area contributed by atoms with E-state index < -0.39 is 31.6 Å². The molecule has 4 N–H and O–H groups in total. The van der Waals surface area contributed by atoms with Crippen LogP contribution in [0.5, 0.6) is 11.5 Å². The molecule has 4 rings (SSSR count). The molecular weight excluding hydrogens is 633 g/mol. The number of para-hydroxylation sites is 2. The molecule has 1 unspecified atom stereocenters. The van der Waals surface area contributed by atoms with Crippen molar-refractivity contribution in [2.45, 2.75) is 38.1 Å². The first-order chi connectivity index (χ1) is 21.8. The van der Waals surface area contributed by atoms with E-state index in [0.717, 1.165) is 12.8 Å². The van der Waals surface area contributed by atoms with Crippen molar-refractivity contribution in [3.05, 3.63) is 100 Å². The quantitative estimate of drug-likeness (QED) is 0.158. The molecule has 244 valence electrons. The Labute approximate surface area is 271 Å². The fourth-order valence-corrected chi connectivity index (χ4v) is 4.53. The Bertz CT molecular complexity index is 1760. The van der Waals surface area contributed by atoms with Gasteiger partial charge in [0.1, 0.15) is 17.2 Å². The summed E-state index contributed by atoms with van der Waals surface area (Å²) in [5.74, 6) is -0.778. The molecule has 3 aromatic rings. The first-order valence-corrected chi connectivity index (χ1v) is 16.7. The predicted octanol–water partition coefficient (Wildman–Crippen LogP) is 3.07. The fraction of sp³-hybridized carbons (Fsp3) is 0.281. The molecule has 0 radical (unpaired) electrons. The topological polar surface area (TPSA) is 176 Å². The Morgan fingerprint density at radius 2 is 1.57 bits per heavy atom. The third kappa shape index (κ3) is 10.5. The minimum absolute atomic E-state index is 0.00571. The van der Waals surface area contributed by atoms with Gasteiger partial charge < -0.3 is 29.8 Å². The van der Waals surface area contributed by atoms with E-state index in [0.29, 0.717) is 39.9 Å². The Balaban J connectivity index is 0.000000339. The van der Waals surface area contributed by atoms with E-state index in [1.165, 1.54) is 13.0 Å². The highest BCUT2D eigenvalue weighted by molar-refractivity contribution is 8.30. The molecule has 1 heterocycles. The second-order valence-corrected chi connectivity index (χ2v) is 13.1. The number of carboxylic acid groups (broad SMARTS) is 1. The number of carbonyl (C=O) groups excluding carboxylic acids is 2. The van der Waals surface area contributed by atoms with Crippen LogP contribution < -0.4 is 30.8 Å². The van der Waals surface area contributed by atoms with Crippen LogP contribution in [0.1, 0.15) is 49.0 Å². The van der Waals surface area contributed by atoms with Crippen LogP contribution in [0.2, 0.25) is 0 Å². The molecule has 46 heavy (non-hydrogen) atoms. The maximum Gasteiger partial charge on any atom is 0.305 e. The van der Waals surface area contributed by atoms with Crippen molar-refractivity contribution in [2.75, 3.05) is 20.3 Å². The van der Waals surface area contributed by atoms with E-state index in [1.54, 1.807) is 79.9 Å². The summed E-state index contributed by atoms with van der Waals surface area (Å²) in [5.41, 5.74) is 1.01. The summed E-state index contributed by atoms with van der Waals surface area (Å²) in [7, 11) is -1.92. The van der Waals surface area contributed by atoms with Gasteiger partial charge in [-0.3, -0.25) is 14.4 Å². The fourth-order valence-electron chi connectivity index (χ4n) is 3.88. The number of unbranched alkanes of at least 4 members (excludes halogenated alkanes) is 1. The number of rotatable bonds is 13. The van der Waals surface area contributed by atoms with E-state index in [2.05, 4.69) is 38.7 Å². The summed E-state index contributed by atoms with van der Waals surface area (Å²) in [5, 5.41) is 15.1. The summed E-state index contributed by atoms with van der Waals surface area (Å²) in [6, 6.07) is 20.6. The molecule has 14 heteroatoms. The molecule has 0 saturated heterocycles. The largest absolute Gasteiger partial charge is 0.497 e. The average molecular weight is 669 g/mol. The van der Waals surface area contributed by atoms with Crippen molar-refractivity contribution in [1.29, 1.82) is 0 Å². The number of carboxylic acids is 1. The highest BCUT2D eigenvalue weighted by atomic mass is 32.8. The first-order valence-electron chi connectivity index (χ1n) is 14.3. The van der Waals surface area contributed by atoms with E-state index >= 15 is 0 Å². The highest BCUT2D eigenvalue weighted by Crippen LogP contribution is 2.20. The van der Waals surface area contributed by atoms with Crippen LogP contribution in [0.25, 0.3) is 6.08 Å². The summed E-state index contributed by atoms with van der Waals surface area (Å²) in [6.45, 7) is 4.08. The Hall–Kier alpha value is -4.66. The van der Waals surface area contributed by atoms with Gasteiger partial charge in [-0.15, -0.1) is 0 Å². The molecule has 0 saturated carbocycles. The molecule has 0 aliphatic carbocycles. The van der Waals surface area contributed by atoms with Crippen molar-refractivity contribution in [3.8, 4) is 11.5 Å². The van der Waals surface area contributed by atoms with Gasteiger partial charge in [0.25, 0.3) is 11.8 Å². The van der Waals surface area contributed by atoms with Crippen molar-refractivity contribution < 1.29 is 37.7 Å². The molecule has 0 aromatic heterocycles. The zero-order chi connectivity index (χ0) is 33.7. The minimum atomic E-state index is -3.47. The van der Waals surface area contributed by atoms with Gasteiger partial charge in [-0.05, 0) is 73.5 Å². The number of hydrogen-bond acceptors (Lipinski definition) is 9. The van der Waals surface area contributed by atoms with Crippen LogP contribution in [0.4, 0.5) is 0 Å². The van der Waals surface area contributed by atoms with Crippen molar-refractivity contribution in [1.82, 2.24) is 10.6 Å². The van der Waals surface area contributed by atoms with Gasteiger partial charge >= 0.3 is 5.97 Å². The van der Waals surface area contributed by atoms with Gasteiger partial charge in [0, 0.05) is 23.3 Å². The summed E-state index contributed by atoms with van der Waals surface area (Å²) >= 11 is 4.50. The number of carbonyl (C=O) groups is 3. The molecule has 0 spiro atoms. The van der Waals surface area contributed by atoms with Crippen LogP contribution in [0, 0.1) is 0 Å². The van der Waals surface area contributed by atoms with Gasteiger partial charge in [0.15, 0.2) is 8.77 Å². The van der Waals surface area contributed by atoms with Crippen molar-refractivity contribution in [3.63, 3.8) is 0 Å². The maximum absolute atomic E-state index is 12.7. The van der Waals surface area contributed by atoms with E-state index in [1.807, 2.05) is 0 Å². The Kier molecular flexibility index (Phi) is 12.9. The second-order valence-electron chi connectivity index (χ2n) is 10.0. The van der Waals surface area contributed by atoms with Crippen LogP contribution >= 0.6 is 0 Å². The van der Waals surface area contributed by atoms with Gasteiger partial charge in [0.2, 0.25) is 4.99 Å². The smallest absolute Gasteiger partial charge is 0.305 e. The summed E-state index contributed by atoms with van der Waals surface area (Å²) in [6.07, 6.45) is 3.25. The Morgan fingerprint density at radius 1 is 0.978 bits per heavy atom. The molecule has 0 bridgehead atoms. The number of ether oxygens (including phenoxy) is 2. The lowest BCUT2D eigenvalue weighted by Crippen LogP contribution is -2.35. The molecular formula is C32H36N4O8S2. The van der Waals surface area contributed by atoms with Gasteiger partial charge in [-0.1, -0.05) is 37.6 Å². The molecule has 3 aromatic carbocycles. The van der Waals surface area contributed by atoms with Crippen LogP contribution in [-0.2, 0) is 29.6 Å². The van der Waals surface area contributed by atoms with Crippen molar-refractivity contribution >= 4 is 43.8 Å². The number of fused-ring (bicyclic) bond motifs is 1. The van der Waals surface area contributed by atoms with Gasteiger partial charge in [-0.2, -0.15) is 0 Å². The number of nitrogens with one attached hydrogen (secondary N) is 2. The highest BCUT2D eigenvalue weighted by Gasteiger charge is 2.35. The van der Waals surface area contributed by atoms with E-state index in [4.69, 9.17) is 14.6 Å². The third-order valence-electron chi connectivity index (χ3n) is 6.45. The molecule has 2 amide bonds. The van der Waals surface area contributed by atoms with E-state index in [9.17, 15) is 23.1 Å². The normalized spacial score (nSPS) is 14.1. The lowest BCUT2D eigenvalue weighted by Gasteiger charge is -2.15. The van der Waals surface area contributed by atoms with Crippen LogP contribution in [0.15, 0.2) is 88.5 Å². The predicted molar refractivity (Wildman–Crippen MR) is 176 cm³/mol. The van der Waals surface area contributed by atoms with Crippen LogP contribution in [-0.4, -0.2) is 56.9 Å². The molecule has 12 nitrogen and oxygen atoms in total. The number of aliphatic carboxylic acids is 1. The summed E-state index contributed by atoms with van der Waals surface area (Å²) < 4.78 is 31.4. The minimum Gasteiger partial charge on any atom is -0.497 e. The van der Waals surface area contributed by atoms with Gasteiger partial charge in [0.05, 0.1) is 30.9 Å². The SMILES string of the molecule is CC1(S(=O)(O)=S)N=c2ccccc2=N1.CCCCOc1ccc(C(=O)NC(=Cc2ccc(OC)cc2)C(=O)NCCC(=O)O)cc1. The lowest BCUT2D eigenvalue weighted by atomic mass is 10.1. The number of amides is 2. The maximum atomic E-state index is 12.7. The number of hydrogen-bond donors (Lipinski definition) is 4. The third-order valence-corrected chi connectivity index (χ3v) is 8.56. The van der Waals surface area contributed by atoms with Gasteiger partial charge in [-0.25, -0.2) is 14.2 Å². The van der Waals surface area contributed by atoms with E-state index in [-0.39, 0.29) is 18.7 Å². The number of benzene rings is 3. The lowest BCUT2D eigenvalue weighted by molar-refractivity contribution is -0.136. The molecule has 1 aliphatic rings.